The van der Waals surface area contributed by atoms with Crippen molar-refractivity contribution in [1.29, 1.82) is 0 Å². The zero-order valence-corrected chi connectivity index (χ0v) is 12.2. The molecule has 0 saturated carbocycles. The molecular weight excluding hydrogens is 272 g/mol. The third-order valence-electron chi connectivity index (χ3n) is 3.55. The average molecular weight is 294 g/mol. The van der Waals surface area contributed by atoms with E-state index in [2.05, 4.69) is 5.32 Å². The van der Waals surface area contributed by atoms with Crippen LogP contribution < -0.4 is 11.1 Å². The van der Waals surface area contributed by atoms with E-state index in [1.165, 1.54) is 12.1 Å². The maximum absolute atomic E-state index is 12.0. The van der Waals surface area contributed by atoms with Gasteiger partial charge in [-0.3, -0.25) is 4.79 Å². The molecule has 1 rings (SSSR count). The molecule has 0 aliphatic heterocycles. The normalized spacial score (nSPS) is 15.0. The van der Waals surface area contributed by atoms with E-state index in [4.69, 9.17) is 5.73 Å². The Bertz CT molecular complexity index is 487. The molecule has 6 nitrogen and oxygen atoms in total. The summed E-state index contributed by atoms with van der Waals surface area (Å²) >= 11 is 0. The van der Waals surface area contributed by atoms with Gasteiger partial charge in [0, 0.05) is 6.42 Å². The van der Waals surface area contributed by atoms with Crippen LogP contribution in [0.3, 0.4) is 0 Å². The Kier molecular flexibility index (Phi) is 6.17. The van der Waals surface area contributed by atoms with Crippen LogP contribution in [0.1, 0.15) is 25.8 Å². The monoisotopic (exact) mass is 294 g/mol. The second kappa shape index (κ2) is 7.64. The van der Waals surface area contributed by atoms with Gasteiger partial charge >= 0.3 is 5.97 Å². The number of hydrogen-bond donors (Lipinski definition) is 4. The van der Waals surface area contributed by atoms with Crippen LogP contribution in [-0.2, 0) is 16.0 Å². The van der Waals surface area contributed by atoms with Crippen molar-refractivity contribution < 1.29 is 19.8 Å². The fourth-order valence-corrected chi connectivity index (χ4v) is 1.85. The van der Waals surface area contributed by atoms with Gasteiger partial charge in [-0.05, 0) is 23.6 Å². The number of nitrogens with one attached hydrogen (secondary N) is 1. The summed E-state index contributed by atoms with van der Waals surface area (Å²) in [6, 6.07) is 4.41. The third kappa shape index (κ3) is 5.07. The first kappa shape index (κ1) is 17.0. The molecule has 21 heavy (non-hydrogen) atoms. The number of carboxylic acid groups (broad SMARTS) is 1. The largest absolute Gasteiger partial charge is 0.508 e. The molecule has 1 amide bonds. The zero-order valence-electron chi connectivity index (χ0n) is 12.2. The van der Waals surface area contributed by atoms with Crippen LogP contribution in [0.15, 0.2) is 24.3 Å². The molecule has 116 valence electrons. The highest BCUT2D eigenvalue weighted by Gasteiger charge is 2.25. The number of carbonyl (C=O) groups is 2. The van der Waals surface area contributed by atoms with Crippen LogP contribution >= 0.6 is 0 Å². The zero-order chi connectivity index (χ0) is 16.0. The van der Waals surface area contributed by atoms with Crippen molar-refractivity contribution >= 4 is 11.9 Å². The Hall–Kier alpha value is -2.08. The summed E-state index contributed by atoms with van der Waals surface area (Å²) in [4.78, 5) is 23.2. The van der Waals surface area contributed by atoms with E-state index < -0.39 is 24.0 Å². The predicted molar refractivity (Wildman–Crippen MR) is 78.8 cm³/mol. The molecular formula is C15H22N2O4. The molecule has 3 atom stereocenters. The lowest BCUT2D eigenvalue weighted by molar-refractivity contribution is -0.142. The van der Waals surface area contributed by atoms with E-state index in [1.54, 1.807) is 12.1 Å². The molecule has 0 heterocycles. The molecule has 1 unspecified atom stereocenters. The number of rotatable bonds is 7. The number of carboxylic acids is 1. The summed E-state index contributed by atoms with van der Waals surface area (Å²) < 4.78 is 0. The van der Waals surface area contributed by atoms with Gasteiger partial charge in [0.2, 0.25) is 5.91 Å². The van der Waals surface area contributed by atoms with Crippen molar-refractivity contribution in [2.45, 2.75) is 38.8 Å². The van der Waals surface area contributed by atoms with E-state index in [-0.39, 0.29) is 18.1 Å². The highest BCUT2D eigenvalue weighted by molar-refractivity contribution is 5.87. The number of benzene rings is 1. The number of amides is 1. The first-order valence-electron chi connectivity index (χ1n) is 6.91. The highest BCUT2D eigenvalue weighted by Crippen LogP contribution is 2.12. The van der Waals surface area contributed by atoms with E-state index in [1.807, 2.05) is 13.8 Å². The summed E-state index contributed by atoms with van der Waals surface area (Å²) in [5.74, 6) is -1.50. The van der Waals surface area contributed by atoms with Gasteiger partial charge in [0.05, 0.1) is 6.04 Å². The summed E-state index contributed by atoms with van der Waals surface area (Å²) in [5.41, 5.74) is 6.50. The Morgan fingerprint density at radius 2 is 1.86 bits per heavy atom. The topological polar surface area (TPSA) is 113 Å². The third-order valence-corrected chi connectivity index (χ3v) is 3.55. The minimum absolute atomic E-state index is 0.0203. The number of aromatic hydroxyl groups is 1. The van der Waals surface area contributed by atoms with Gasteiger partial charge in [0.15, 0.2) is 0 Å². The maximum atomic E-state index is 12.0. The van der Waals surface area contributed by atoms with Crippen molar-refractivity contribution in [3.8, 4) is 5.75 Å². The Morgan fingerprint density at radius 3 is 2.33 bits per heavy atom. The Labute approximate surface area is 124 Å². The van der Waals surface area contributed by atoms with Crippen LogP contribution in [0.5, 0.6) is 5.75 Å². The highest BCUT2D eigenvalue weighted by atomic mass is 16.4. The van der Waals surface area contributed by atoms with Crippen molar-refractivity contribution in [3.63, 3.8) is 0 Å². The lowest BCUT2D eigenvalue weighted by atomic mass is 9.98. The number of hydrogen-bond acceptors (Lipinski definition) is 4. The molecule has 1 aromatic rings. The number of carbonyl (C=O) groups excluding carboxylic acids is 1. The average Bonchev–Trinajstić information content (AvgIpc) is 2.46. The molecule has 6 heteroatoms. The van der Waals surface area contributed by atoms with Gasteiger partial charge in [-0.25, -0.2) is 4.79 Å². The van der Waals surface area contributed by atoms with E-state index in [0.29, 0.717) is 5.56 Å². The van der Waals surface area contributed by atoms with Gasteiger partial charge < -0.3 is 21.3 Å². The second-order valence-electron chi connectivity index (χ2n) is 5.18. The first-order valence-corrected chi connectivity index (χ1v) is 6.91. The SMILES string of the molecule is CC[C@H](C)[C@H](N)C(=O)NC(Cc1ccc(O)cc1)C(=O)O. The molecule has 5 N–H and O–H groups in total. The van der Waals surface area contributed by atoms with Crippen LogP contribution in [0, 0.1) is 5.92 Å². The Balaban J connectivity index is 2.72. The first-order chi connectivity index (χ1) is 9.85. The van der Waals surface area contributed by atoms with Crippen LogP contribution in [0.2, 0.25) is 0 Å². The maximum Gasteiger partial charge on any atom is 0.326 e. The minimum Gasteiger partial charge on any atom is -0.508 e. The predicted octanol–water partition coefficient (Wildman–Crippen LogP) is 0.877. The summed E-state index contributed by atoms with van der Waals surface area (Å²) in [6.07, 6.45) is 0.874. The minimum atomic E-state index is -1.12. The van der Waals surface area contributed by atoms with Crippen LogP contribution in [0.25, 0.3) is 0 Å². The molecule has 0 aromatic heterocycles. The van der Waals surface area contributed by atoms with Gasteiger partial charge in [-0.15, -0.1) is 0 Å². The molecule has 0 spiro atoms. The molecule has 1 aromatic carbocycles. The standard InChI is InChI=1S/C15H22N2O4/c1-3-9(2)13(16)14(19)17-12(15(20)21)8-10-4-6-11(18)7-5-10/h4-7,9,12-13,18H,3,8,16H2,1-2H3,(H,17,19)(H,20,21)/t9-,12?,13-/m0/s1. The van der Waals surface area contributed by atoms with Crippen LogP contribution in [0.4, 0.5) is 0 Å². The van der Waals surface area contributed by atoms with E-state index in [0.717, 1.165) is 6.42 Å². The van der Waals surface area contributed by atoms with Crippen molar-refractivity contribution in [2.75, 3.05) is 0 Å². The number of nitrogens with two attached hydrogens (primary N) is 1. The Morgan fingerprint density at radius 1 is 1.29 bits per heavy atom. The van der Waals surface area contributed by atoms with E-state index in [9.17, 15) is 19.8 Å². The molecule has 0 saturated heterocycles. The molecule has 0 fully saturated rings. The van der Waals surface area contributed by atoms with Gasteiger partial charge in [-0.1, -0.05) is 32.4 Å². The smallest absolute Gasteiger partial charge is 0.326 e. The fraction of sp³-hybridized carbons (Fsp3) is 0.467. The number of aliphatic carboxylic acids is 1. The summed E-state index contributed by atoms with van der Waals surface area (Å²) in [5, 5.41) is 20.9. The fourth-order valence-electron chi connectivity index (χ4n) is 1.85. The van der Waals surface area contributed by atoms with Gasteiger partial charge in [0.25, 0.3) is 0 Å². The quantitative estimate of drug-likeness (QED) is 0.596. The molecule has 0 aliphatic carbocycles. The van der Waals surface area contributed by atoms with Crippen LogP contribution in [-0.4, -0.2) is 34.2 Å². The molecule has 0 bridgehead atoms. The van der Waals surface area contributed by atoms with Gasteiger partial charge in [-0.2, -0.15) is 0 Å². The molecule has 0 radical (unpaired) electrons. The van der Waals surface area contributed by atoms with E-state index >= 15 is 0 Å². The second-order valence-corrected chi connectivity index (χ2v) is 5.18. The van der Waals surface area contributed by atoms with Crippen molar-refractivity contribution in [3.05, 3.63) is 29.8 Å². The lowest BCUT2D eigenvalue weighted by Crippen LogP contribution is -2.51. The van der Waals surface area contributed by atoms with Gasteiger partial charge in [0.1, 0.15) is 11.8 Å². The number of phenols is 1. The lowest BCUT2D eigenvalue weighted by Gasteiger charge is -2.21. The summed E-state index contributed by atoms with van der Waals surface area (Å²) in [7, 11) is 0. The van der Waals surface area contributed by atoms with Crippen molar-refractivity contribution in [2.24, 2.45) is 11.7 Å². The number of phenolic OH excluding ortho intramolecular Hbond substituents is 1. The molecule has 0 aliphatic rings. The summed E-state index contributed by atoms with van der Waals surface area (Å²) in [6.45, 7) is 3.77. The van der Waals surface area contributed by atoms with Crippen molar-refractivity contribution in [1.82, 2.24) is 5.32 Å².